The van der Waals surface area contributed by atoms with Crippen molar-refractivity contribution in [2.24, 2.45) is 0 Å². The molecule has 15 heavy (non-hydrogen) atoms. The monoisotopic (exact) mass is 209 g/mol. The number of hydrogen-bond acceptors (Lipinski definition) is 2. The van der Waals surface area contributed by atoms with E-state index in [-0.39, 0.29) is 0 Å². The van der Waals surface area contributed by atoms with Crippen LogP contribution in [0.1, 0.15) is 39.5 Å². The minimum atomic E-state index is 0.779. The topological polar surface area (TPSA) is 21.3 Å². The summed E-state index contributed by atoms with van der Waals surface area (Å²) in [4.78, 5) is 0. The van der Waals surface area contributed by atoms with E-state index in [0.717, 1.165) is 26.0 Å². The van der Waals surface area contributed by atoms with Crippen molar-refractivity contribution in [3.63, 3.8) is 0 Å². The third-order valence-electron chi connectivity index (χ3n) is 2.91. The average Bonchev–Trinajstić information content (AvgIpc) is 2.29. The number of likely N-dealkylation sites (N-methyl/N-ethyl adjacent to an activating group) is 1. The van der Waals surface area contributed by atoms with Crippen LogP contribution in [0.3, 0.4) is 0 Å². The molecular weight excluding hydrogens is 186 g/mol. The molecule has 1 aliphatic carbocycles. The highest BCUT2D eigenvalue weighted by atomic mass is 16.5. The van der Waals surface area contributed by atoms with Gasteiger partial charge < -0.3 is 10.1 Å². The zero-order valence-electron chi connectivity index (χ0n) is 10.2. The van der Waals surface area contributed by atoms with Gasteiger partial charge in [0.15, 0.2) is 0 Å². The molecule has 1 aliphatic rings. The number of nitrogens with one attached hydrogen (secondary N) is 1. The second kappa shape index (κ2) is 6.67. The molecule has 0 aromatic rings. The number of allylic oxidation sites excluding steroid dienone is 4. The van der Waals surface area contributed by atoms with E-state index < -0.39 is 0 Å². The Morgan fingerprint density at radius 2 is 2.07 bits per heavy atom. The van der Waals surface area contributed by atoms with Crippen LogP contribution in [0.5, 0.6) is 0 Å². The lowest BCUT2D eigenvalue weighted by atomic mass is 9.93. The van der Waals surface area contributed by atoms with Gasteiger partial charge in [0.2, 0.25) is 0 Å². The fourth-order valence-corrected chi connectivity index (χ4v) is 1.96. The lowest BCUT2D eigenvalue weighted by molar-refractivity contribution is 0.203. The summed E-state index contributed by atoms with van der Waals surface area (Å²) in [6, 6.07) is 0. The molecule has 1 rings (SSSR count). The van der Waals surface area contributed by atoms with Gasteiger partial charge in [-0.1, -0.05) is 19.4 Å². The van der Waals surface area contributed by atoms with Crippen LogP contribution in [-0.2, 0) is 4.74 Å². The molecule has 0 unspecified atom stereocenters. The Hall–Kier alpha value is -0.760. The number of rotatable bonds is 6. The first-order chi connectivity index (χ1) is 7.31. The Kier molecular flexibility index (Phi) is 5.48. The van der Waals surface area contributed by atoms with Crippen LogP contribution in [0.15, 0.2) is 23.0 Å². The first-order valence-electron chi connectivity index (χ1n) is 6.00. The zero-order chi connectivity index (χ0) is 11.1. The maximum Gasteiger partial charge on any atom is 0.100 e. The maximum absolute atomic E-state index is 5.71. The molecule has 0 saturated carbocycles. The predicted octanol–water partition coefficient (Wildman–Crippen LogP) is 3.02. The first-order valence-corrected chi connectivity index (χ1v) is 6.00. The minimum Gasteiger partial charge on any atom is -0.497 e. The molecule has 2 nitrogen and oxygen atoms in total. The molecule has 2 heteroatoms. The van der Waals surface area contributed by atoms with Crippen molar-refractivity contribution in [2.45, 2.75) is 39.5 Å². The van der Waals surface area contributed by atoms with E-state index in [1.165, 1.54) is 24.2 Å². The van der Waals surface area contributed by atoms with Gasteiger partial charge in [-0.2, -0.15) is 0 Å². The van der Waals surface area contributed by atoms with Crippen LogP contribution < -0.4 is 5.32 Å². The minimum absolute atomic E-state index is 0.779. The fourth-order valence-electron chi connectivity index (χ4n) is 1.96. The molecule has 0 aromatic carbocycles. The van der Waals surface area contributed by atoms with Gasteiger partial charge in [-0.3, -0.25) is 0 Å². The van der Waals surface area contributed by atoms with E-state index in [1.807, 2.05) is 7.05 Å². The molecule has 1 N–H and O–H groups in total. The van der Waals surface area contributed by atoms with Gasteiger partial charge in [0.25, 0.3) is 0 Å². The van der Waals surface area contributed by atoms with Crippen LogP contribution >= 0.6 is 0 Å². The molecule has 86 valence electrons. The van der Waals surface area contributed by atoms with Crippen molar-refractivity contribution in [3.05, 3.63) is 23.0 Å². The Morgan fingerprint density at radius 3 is 2.67 bits per heavy atom. The Balaban J connectivity index is 2.53. The van der Waals surface area contributed by atoms with E-state index in [1.54, 1.807) is 5.57 Å². The van der Waals surface area contributed by atoms with Gasteiger partial charge in [-0.25, -0.2) is 0 Å². The molecule has 0 heterocycles. The Morgan fingerprint density at radius 1 is 1.27 bits per heavy atom. The second-order valence-corrected chi connectivity index (χ2v) is 3.90. The summed E-state index contributed by atoms with van der Waals surface area (Å²) in [6.07, 6.45) is 6.82. The maximum atomic E-state index is 5.71. The van der Waals surface area contributed by atoms with Crippen molar-refractivity contribution in [3.8, 4) is 0 Å². The predicted molar refractivity (Wildman–Crippen MR) is 64.8 cm³/mol. The van der Waals surface area contributed by atoms with Gasteiger partial charge in [0, 0.05) is 13.0 Å². The Labute approximate surface area is 93.4 Å². The summed E-state index contributed by atoms with van der Waals surface area (Å²) in [5, 5.41) is 3.09. The molecular formula is C13H23NO. The highest BCUT2D eigenvalue weighted by Gasteiger charge is 2.11. The smallest absolute Gasteiger partial charge is 0.100 e. The van der Waals surface area contributed by atoms with E-state index in [9.17, 15) is 0 Å². The van der Waals surface area contributed by atoms with Crippen molar-refractivity contribution in [1.82, 2.24) is 5.32 Å². The van der Waals surface area contributed by atoms with Crippen LogP contribution in [0.4, 0.5) is 0 Å². The van der Waals surface area contributed by atoms with E-state index >= 15 is 0 Å². The van der Waals surface area contributed by atoms with Gasteiger partial charge in [0.05, 0.1) is 5.76 Å². The molecule has 0 amide bonds. The van der Waals surface area contributed by atoms with Gasteiger partial charge >= 0.3 is 0 Å². The first kappa shape index (κ1) is 12.3. The molecule has 0 spiro atoms. The Bertz CT molecular complexity index is 253. The normalized spacial score (nSPS) is 16.6. The average molecular weight is 209 g/mol. The molecule has 0 radical (unpaired) electrons. The lowest BCUT2D eigenvalue weighted by Crippen LogP contribution is -2.14. The highest BCUT2D eigenvalue weighted by molar-refractivity contribution is 5.31. The largest absolute Gasteiger partial charge is 0.497 e. The summed E-state index contributed by atoms with van der Waals surface area (Å²) in [5.41, 5.74) is 3.10. The molecule has 0 aliphatic heterocycles. The molecule has 0 aromatic heterocycles. The second-order valence-electron chi connectivity index (χ2n) is 3.90. The molecule has 0 bridgehead atoms. The third-order valence-corrected chi connectivity index (χ3v) is 2.91. The van der Waals surface area contributed by atoms with Gasteiger partial charge in [-0.05, 0) is 38.0 Å². The quantitative estimate of drug-likeness (QED) is 0.679. The van der Waals surface area contributed by atoms with Crippen molar-refractivity contribution in [2.75, 3.05) is 20.2 Å². The number of ether oxygens (including phenoxy) is 1. The standard InChI is InChI=1S/C13H23NO/c1-4-11-6-7-13(10-12(11)5-2)15-9-8-14-3/h10,14H,4-9H2,1-3H3. The highest BCUT2D eigenvalue weighted by Crippen LogP contribution is 2.28. The third kappa shape index (κ3) is 3.71. The SMILES string of the molecule is CCC1=C(CC)CCC(OCCNC)=C1. The van der Waals surface area contributed by atoms with Crippen LogP contribution in [0, 0.1) is 0 Å². The number of hydrogen-bond donors (Lipinski definition) is 1. The van der Waals surface area contributed by atoms with Crippen molar-refractivity contribution < 1.29 is 4.74 Å². The molecule has 0 atom stereocenters. The fraction of sp³-hybridized carbons (Fsp3) is 0.692. The van der Waals surface area contributed by atoms with Crippen LogP contribution in [0.25, 0.3) is 0 Å². The molecule has 0 saturated heterocycles. The summed E-state index contributed by atoms with van der Waals surface area (Å²) in [6.45, 7) is 6.16. The summed E-state index contributed by atoms with van der Waals surface area (Å²) in [5.74, 6) is 1.17. The van der Waals surface area contributed by atoms with E-state index in [2.05, 4.69) is 25.2 Å². The lowest BCUT2D eigenvalue weighted by Gasteiger charge is -2.19. The van der Waals surface area contributed by atoms with E-state index in [0.29, 0.717) is 0 Å². The summed E-state index contributed by atoms with van der Waals surface area (Å²) in [7, 11) is 1.95. The molecule has 0 fully saturated rings. The zero-order valence-corrected chi connectivity index (χ0v) is 10.2. The van der Waals surface area contributed by atoms with E-state index in [4.69, 9.17) is 4.74 Å². The van der Waals surface area contributed by atoms with Crippen LogP contribution in [-0.4, -0.2) is 20.2 Å². The summed E-state index contributed by atoms with van der Waals surface area (Å²) < 4.78 is 5.71. The van der Waals surface area contributed by atoms with Crippen molar-refractivity contribution >= 4 is 0 Å². The van der Waals surface area contributed by atoms with Gasteiger partial charge in [0.1, 0.15) is 6.61 Å². The van der Waals surface area contributed by atoms with Crippen molar-refractivity contribution in [1.29, 1.82) is 0 Å². The van der Waals surface area contributed by atoms with Crippen LogP contribution in [0.2, 0.25) is 0 Å². The van der Waals surface area contributed by atoms with Gasteiger partial charge in [-0.15, -0.1) is 0 Å². The summed E-state index contributed by atoms with van der Waals surface area (Å²) >= 11 is 0.